The largest absolute Gasteiger partial charge is 0.416 e. The number of rotatable bonds is 7. The summed E-state index contributed by atoms with van der Waals surface area (Å²) >= 11 is 1.10. The van der Waals surface area contributed by atoms with Crippen molar-refractivity contribution in [3.8, 4) is 0 Å². The van der Waals surface area contributed by atoms with Crippen molar-refractivity contribution in [1.29, 1.82) is 0 Å². The van der Waals surface area contributed by atoms with Gasteiger partial charge >= 0.3 is 6.18 Å². The first-order valence-electron chi connectivity index (χ1n) is 11.3. The van der Waals surface area contributed by atoms with Crippen LogP contribution >= 0.6 is 11.3 Å². The van der Waals surface area contributed by atoms with Crippen LogP contribution in [0, 0.1) is 6.92 Å². The number of carbonyl (C=O) groups is 2. The lowest BCUT2D eigenvalue weighted by molar-refractivity contribution is -0.906. The minimum Gasteiger partial charge on any atom is -0.370 e. The number of ether oxygens (including phenoxy) is 1. The van der Waals surface area contributed by atoms with E-state index in [1.54, 1.807) is 6.92 Å². The maximum Gasteiger partial charge on any atom is 0.416 e. The number of anilines is 1. The summed E-state index contributed by atoms with van der Waals surface area (Å²) < 4.78 is 45.1. The second kappa shape index (κ2) is 10.8. The van der Waals surface area contributed by atoms with E-state index in [0.717, 1.165) is 47.7 Å². The lowest BCUT2D eigenvalue weighted by Gasteiger charge is -2.23. The lowest BCUT2D eigenvalue weighted by atomic mass is 10.2. The molecule has 0 saturated carbocycles. The van der Waals surface area contributed by atoms with Gasteiger partial charge in [0, 0.05) is 5.69 Å². The molecule has 0 aliphatic carbocycles. The Morgan fingerprint density at radius 2 is 2.00 bits per heavy atom. The van der Waals surface area contributed by atoms with Crippen molar-refractivity contribution in [2.24, 2.45) is 0 Å². The molecule has 192 valence electrons. The number of morpholine rings is 1. The van der Waals surface area contributed by atoms with Gasteiger partial charge in [-0.3, -0.25) is 19.0 Å². The van der Waals surface area contributed by atoms with Crippen molar-refractivity contribution < 1.29 is 32.4 Å². The van der Waals surface area contributed by atoms with Crippen LogP contribution < -0.4 is 21.1 Å². The summed E-state index contributed by atoms with van der Waals surface area (Å²) in [6, 6.07) is 4.22. The number of carbonyl (C=O) groups excluding carboxylic acids is 2. The summed E-state index contributed by atoms with van der Waals surface area (Å²) in [5, 5.41) is 5.49. The van der Waals surface area contributed by atoms with Crippen LogP contribution in [0.2, 0.25) is 0 Å². The van der Waals surface area contributed by atoms with Crippen molar-refractivity contribution in [2.45, 2.75) is 19.6 Å². The Morgan fingerprint density at radius 3 is 2.72 bits per heavy atom. The number of aromatic nitrogens is 2. The summed E-state index contributed by atoms with van der Waals surface area (Å²) in [5.74, 6) is -0.981. The number of nitrogens with zero attached hydrogens (tertiary/aromatic N) is 2. The molecule has 2 aromatic heterocycles. The molecule has 13 heteroatoms. The normalized spacial score (nSPS) is 14.7. The molecule has 4 rings (SSSR count). The van der Waals surface area contributed by atoms with Gasteiger partial charge in [-0.05, 0) is 30.7 Å². The average molecular weight is 525 g/mol. The molecule has 9 nitrogen and oxygen atoms in total. The molecule has 3 heterocycles. The van der Waals surface area contributed by atoms with Gasteiger partial charge in [-0.2, -0.15) is 13.2 Å². The highest BCUT2D eigenvalue weighted by Gasteiger charge is 2.30. The zero-order valence-corrected chi connectivity index (χ0v) is 20.2. The van der Waals surface area contributed by atoms with Crippen molar-refractivity contribution in [3.05, 3.63) is 57.0 Å². The van der Waals surface area contributed by atoms with E-state index in [-0.39, 0.29) is 17.0 Å². The zero-order valence-electron chi connectivity index (χ0n) is 19.4. The van der Waals surface area contributed by atoms with E-state index >= 15 is 0 Å². The Bertz CT molecular complexity index is 1330. The SMILES string of the molecule is Cc1c(C(=O)NCC[NH+]2CCOCC2)sc2ncn(CC(=O)Nc3cccc(C(F)(F)F)c3)c(=O)c12. The van der Waals surface area contributed by atoms with Crippen LogP contribution in [0.3, 0.4) is 0 Å². The third-order valence-electron chi connectivity index (χ3n) is 5.88. The monoisotopic (exact) mass is 524 g/mol. The number of halogens is 3. The van der Waals surface area contributed by atoms with E-state index in [2.05, 4.69) is 15.6 Å². The van der Waals surface area contributed by atoms with Crippen LogP contribution in [0.15, 0.2) is 35.4 Å². The molecule has 0 atom stereocenters. The molecule has 0 bridgehead atoms. The molecular formula is C23H25F3N5O4S+. The number of amides is 2. The van der Waals surface area contributed by atoms with E-state index in [0.29, 0.717) is 35.0 Å². The van der Waals surface area contributed by atoms with E-state index < -0.39 is 29.8 Å². The molecule has 3 aromatic rings. The molecule has 0 spiro atoms. The number of fused-ring (bicyclic) bond motifs is 1. The van der Waals surface area contributed by atoms with Gasteiger partial charge in [0.05, 0.1) is 48.5 Å². The standard InChI is InChI=1S/C23H24F3N5O4S/c1-14-18-21(36-19(14)20(33)27-5-6-30-7-9-35-10-8-30)28-13-31(22(18)34)12-17(32)29-16-4-2-3-15(11-16)23(24,25)26/h2-4,11,13H,5-10,12H2,1H3,(H,27,33)(H,29,32)/p+1. The first-order valence-corrected chi connectivity index (χ1v) is 12.1. The van der Waals surface area contributed by atoms with Crippen molar-refractivity contribution in [1.82, 2.24) is 14.9 Å². The lowest BCUT2D eigenvalue weighted by Crippen LogP contribution is -3.14. The summed E-state index contributed by atoms with van der Waals surface area (Å²) in [7, 11) is 0. The number of hydrogen-bond acceptors (Lipinski definition) is 6. The second-order valence-corrected chi connectivity index (χ2v) is 9.41. The Morgan fingerprint density at radius 1 is 1.25 bits per heavy atom. The fourth-order valence-corrected chi connectivity index (χ4v) is 5.02. The highest BCUT2D eigenvalue weighted by Crippen LogP contribution is 2.30. The van der Waals surface area contributed by atoms with Crippen LogP contribution in [0.4, 0.5) is 18.9 Å². The minimum atomic E-state index is -4.54. The molecule has 0 radical (unpaired) electrons. The fraction of sp³-hybridized carbons (Fsp3) is 0.391. The summed E-state index contributed by atoms with van der Waals surface area (Å²) in [6.45, 7) is 5.64. The zero-order chi connectivity index (χ0) is 25.9. The Labute approximate surface area is 207 Å². The molecule has 0 unspecified atom stereocenters. The molecule has 1 aromatic carbocycles. The van der Waals surface area contributed by atoms with Gasteiger partial charge in [0.1, 0.15) is 24.5 Å². The molecule has 1 aliphatic rings. The summed E-state index contributed by atoms with van der Waals surface area (Å²) in [6.07, 6.45) is -3.35. The maximum absolute atomic E-state index is 13.0. The van der Waals surface area contributed by atoms with E-state index in [9.17, 15) is 27.6 Å². The van der Waals surface area contributed by atoms with Crippen LogP contribution in [0.1, 0.15) is 20.8 Å². The van der Waals surface area contributed by atoms with Gasteiger partial charge in [0.25, 0.3) is 11.5 Å². The topological polar surface area (TPSA) is 107 Å². The molecule has 1 fully saturated rings. The van der Waals surface area contributed by atoms with Gasteiger partial charge in [-0.25, -0.2) is 4.98 Å². The van der Waals surface area contributed by atoms with Crippen molar-refractivity contribution >= 4 is 39.1 Å². The molecule has 36 heavy (non-hydrogen) atoms. The third-order valence-corrected chi connectivity index (χ3v) is 7.07. The van der Waals surface area contributed by atoms with Crippen LogP contribution in [-0.4, -0.2) is 60.8 Å². The van der Waals surface area contributed by atoms with Crippen LogP contribution in [-0.2, 0) is 22.3 Å². The number of thiophene rings is 1. The third kappa shape index (κ3) is 5.91. The first kappa shape index (κ1) is 25.8. The fourth-order valence-electron chi connectivity index (χ4n) is 3.96. The average Bonchev–Trinajstić information content (AvgIpc) is 3.18. The number of nitrogens with one attached hydrogen (secondary N) is 3. The summed E-state index contributed by atoms with van der Waals surface area (Å²) in [5.41, 5.74) is -0.978. The molecule has 3 N–H and O–H groups in total. The number of aryl methyl sites for hydroxylation is 1. The Hall–Kier alpha value is -3.29. The highest BCUT2D eigenvalue weighted by atomic mass is 32.1. The number of hydrogen-bond donors (Lipinski definition) is 3. The van der Waals surface area contributed by atoms with Gasteiger partial charge in [0.2, 0.25) is 5.91 Å². The number of alkyl halides is 3. The number of benzene rings is 1. The highest BCUT2D eigenvalue weighted by molar-refractivity contribution is 7.20. The van der Waals surface area contributed by atoms with E-state index in [1.807, 2.05) is 0 Å². The van der Waals surface area contributed by atoms with Crippen LogP contribution in [0.25, 0.3) is 10.2 Å². The molecule has 1 saturated heterocycles. The van der Waals surface area contributed by atoms with Gasteiger partial charge in [-0.15, -0.1) is 11.3 Å². The predicted molar refractivity (Wildman–Crippen MR) is 127 cm³/mol. The maximum atomic E-state index is 13.0. The number of quaternary nitrogens is 1. The molecule has 2 amide bonds. The van der Waals surface area contributed by atoms with E-state index in [1.165, 1.54) is 23.4 Å². The van der Waals surface area contributed by atoms with E-state index in [4.69, 9.17) is 4.74 Å². The molecule has 1 aliphatic heterocycles. The Balaban J connectivity index is 1.44. The Kier molecular flexibility index (Phi) is 7.71. The van der Waals surface area contributed by atoms with Gasteiger partial charge in [0.15, 0.2) is 0 Å². The second-order valence-electron chi connectivity index (χ2n) is 8.41. The predicted octanol–water partition coefficient (Wildman–Crippen LogP) is 1.07. The smallest absolute Gasteiger partial charge is 0.370 e. The quantitative estimate of drug-likeness (QED) is 0.429. The summed E-state index contributed by atoms with van der Waals surface area (Å²) in [4.78, 5) is 44.5. The molecular weight excluding hydrogens is 499 g/mol. The minimum absolute atomic E-state index is 0.0403. The van der Waals surface area contributed by atoms with Crippen LogP contribution in [0.5, 0.6) is 0 Å². The van der Waals surface area contributed by atoms with Crippen molar-refractivity contribution in [3.63, 3.8) is 0 Å². The first-order chi connectivity index (χ1) is 17.1. The van der Waals surface area contributed by atoms with Gasteiger partial charge < -0.3 is 20.3 Å². The van der Waals surface area contributed by atoms with Gasteiger partial charge in [-0.1, -0.05) is 6.07 Å². The van der Waals surface area contributed by atoms with Crippen molar-refractivity contribution in [2.75, 3.05) is 44.7 Å².